The number of carboxylic acids is 1. The second-order valence-corrected chi connectivity index (χ2v) is 4.01. The van der Waals surface area contributed by atoms with Gasteiger partial charge in [-0.1, -0.05) is 20.8 Å². The average molecular weight is 196 g/mol. The van der Waals surface area contributed by atoms with Crippen LogP contribution in [0.5, 0.6) is 0 Å². The van der Waals surface area contributed by atoms with Crippen molar-refractivity contribution in [3.8, 4) is 0 Å². The van der Waals surface area contributed by atoms with E-state index in [1.54, 1.807) is 20.8 Å². The van der Waals surface area contributed by atoms with E-state index in [0.29, 0.717) is 0 Å². The van der Waals surface area contributed by atoms with Crippen molar-refractivity contribution >= 4 is 5.97 Å². The molecular formula is C9H12N2O3. The van der Waals surface area contributed by atoms with Gasteiger partial charge < -0.3 is 10.1 Å². The molecule has 5 nitrogen and oxygen atoms in total. The van der Waals surface area contributed by atoms with Crippen molar-refractivity contribution in [3.63, 3.8) is 0 Å². The Hall–Kier alpha value is -1.65. The third-order valence-corrected chi connectivity index (χ3v) is 1.81. The maximum absolute atomic E-state index is 11.4. The number of nitrogens with one attached hydrogen (secondary N) is 1. The van der Waals surface area contributed by atoms with Crippen molar-refractivity contribution in [2.75, 3.05) is 0 Å². The molecule has 0 unspecified atom stereocenters. The van der Waals surface area contributed by atoms with E-state index in [-0.39, 0.29) is 11.3 Å². The number of carbonyl (C=O) groups is 1. The molecule has 0 spiro atoms. The van der Waals surface area contributed by atoms with Crippen molar-refractivity contribution in [1.82, 2.24) is 9.97 Å². The molecule has 0 bridgehead atoms. The minimum Gasteiger partial charge on any atom is -0.476 e. The molecule has 1 rings (SSSR count). The fraction of sp³-hybridized carbons (Fsp3) is 0.444. The number of aromatic amines is 1. The van der Waals surface area contributed by atoms with Gasteiger partial charge in [-0.2, -0.15) is 0 Å². The van der Waals surface area contributed by atoms with Gasteiger partial charge in [0.1, 0.15) is 0 Å². The number of carboxylic acid groups (broad SMARTS) is 1. The van der Waals surface area contributed by atoms with Crippen molar-refractivity contribution in [2.24, 2.45) is 0 Å². The third kappa shape index (κ3) is 1.81. The first-order valence-corrected chi connectivity index (χ1v) is 4.15. The molecule has 5 heteroatoms. The molecule has 0 aliphatic heterocycles. The smallest absolute Gasteiger partial charge is 0.355 e. The van der Waals surface area contributed by atoms with Crippen LogP contribution in [0.4, 0.5) is 0 Å². The summed E-state index contributed by atoms with van der Waals surface area (Å²) in [6, 6.07) is 0. The van der Waals surface area contributed by atoms with Gasteiger partial charge in [-0.3, -0.25) is 4.79 Å². The summed E-state index contributed by atoms with van der Waals surface area (Å²) in [6.07, 6.45) is 1.10. The van der Waals surface area contributed by atoms with Crippen molar-refractivity contribution in [3.05, 3.63) is 27.9 Å². The number of hydrogen-bond acceptors (Lipinski definition) is 3. The molecular weight excluding hydrogens is 184 g/mol. The lowest BCUT2D eigenvalue weighted by atomic mass is 9.86. The van der Waals surface area contributed by atoms with Crippen LogP contribution in [0.25, 0.3) is 0 Å². The highest BCUT2D eigenvalue weighted by Gasteiger charge is 2.25. The summed E-state index contributed by atoms with van der Waals surface area (Å²) in [5, 5.41) is 8.84. The molecule has 0 saturated carbocycles. The Kier molecular flexibility index (Phi) is 2.42. The van der Waals surface area contributed by atoms with Crippen LogP contribution in [0.15, 0.2) is 11.1 Å². The summed E-state index contributed by atoms with van der Waals surface area (Å²) < 4.78 is 0. The quantitative estimate of drug-likeness (QED) is 0.694. The fourth-order valence-corrected chi connectivity index (χ4v) is 1.26. The van der Waals surface area contributed by atoms with Gasteiger partial charge in [-0.05, 0) is 5.41 Å². The molecule has 0 fully saturated rings. The summed E-state index contributed by atoms with van der Waals surface area (Å²) in [5.41, 5.74) is -0.908. The number of nitrogens with zero attached hydrogens (tertiary/aromatic N) is 1. The minimum absolute atomic E-state index is 0.179. The van der Waals surface area contributed by atoms with Crippen LogP contribution in [0.3, 0.4) is 0 Å². The number of rotatable bonds is 1. The van der Waals surface area contributed by atoms with Crippen LogP contribution >= 0.6 is 0 Å². The third-order valence-electron chi connectivity index (χ3n) is 1.81. The van der Waals surface area contributed by atoms with Crippen LogP contribution in [0.1, 0.15) is 36.8 Å². The maximum Gasteiger partial charge on any atom is 0.355 e. The van der Waals surface area contributed by atoms with Gasteiger partial charge in [0.25, 0.3) is 5.56 Å². The molecule has 0 amide bonds. The van der Waals surface area contributed by atoms with Crippen molar-refractivity contribution < 1.29 is 9.90 Å². The predicted molar refractivity (Wildman–Crippen MR) is 50.5 cm³/mol. The number of aromatic nitrogens is 2. The number of hydrogen-bond donors (Lipinski definition) is 2. The fourth-order valence-electron chi connectivity index (χ4n) is 1.26. The molecule has 1 aromatic rings. The SMILES string of the molecule is CC(C)(C)c1c(C(=O)O)nc[nH]c1=O. The zero-order valence-electron chi connectivity index (χ0n) is 8.29. The molecule has 1 aromatic heterocycles. The topological polar surface area (TPSA) is 83.0 Å². The molecule has 0 aliphatic carbocycles. The van der Waals surface area contributed by atoms with Crippen LogP contribution in [-0.2, 0) is 5.41 Å². The monoisotopic (exact) mass is 196 g/mol. The summed E-state index contributed by atoms with van der Waals surface area (Å²) in [7, 11) is 0. The van der Waals surface area contributed by atoms with Gasteiger partial charge in [0.15, 0.2) is 5.69 Å². The van der Waals surface area contributed by atoms with E-state index in [1.807, 2.05) is 0 Å². The zero-order chi connectivity index (χ0) is 10.9. The van der Waals surface area contributed by atoms with Gasteiger partial charge in [0, 0.05) is 0 Å². The second kappa shape index (κ2) is 3.25. The van der Waals surface area contributed by atoms with Crippen molar-refractivity contribution in [1.29, 1.82) is 0 Å². The Balaban J connectivity index is 3.54. The molecule has 0 aromatic carbocycles. The summed E-state index contributed by atoms with van der Waals surface area (Å²) in [4.78, 5) is 28.3. The zero-order valence-corrected chi connectivity index (χ0v) is 8.29. The lowest BCUT2D eigenvalue weighted by Crippen LogP contribution is -2.29. The molecule has 0 radical (unpaired) electrons. The average Bonchev–Trinajstić information content (AvgIpc) is 2.01. The van der Waals surface area contributed by atoms with E-state index < -0.39 is 16.9 Å². The number of aromatic carboxylic acids is 1. The van der Waals surface area contributed by atoms with E-state index in [1.165, 1.54) is 0 Å². The highest BCUT2D eigenvalue weighted by molar-refractivity contribution is 5.87. The van der Waals surface area contributed by atoms with E-state index in [9.17, 15) is 9.59 Å². The van der Waals surface area contributed by atoms with Crippen LogP contribution < -0.4 is 5.56 Å². The minimum atomic E-state index is -1.18. The largest absolute Gasteiger partial charge is 0.476 e. The standard InChI is InChI=1S/C9H12N2O3/c1-9(2,3)5-6(8(13)14)10-4-11-7(5)12/h4H,1-3H3,(H,13,14)(H,10,11,12). The Morgan fingerprint density at radius 1 is 1.50 bits per heavy atom. The molecule has 14 heavy (non-hydrogen) atoms. The summed E-state index contributed by atoms with van der Waals surface area (Å²) in [6.45, 7) is 5.31. The van der Waals surface area contributed by atoms with Crippen LogP contribution in [0.2, 0.25) is 0 Å². The van der Waals surface area contributed by atoms with E-state index >= 15 is 0 Å². The normalized spacial score (nSPS) is 11.4. The number of H-pyrrole nitrogens is 1. The molecule has 2 N–H and O–H groups in total. The first-order chi connectivity index (χ1) is 6.34. The summed E-state index contributed by atoms with van der Waals surface area (Å²) in [5.74, 6) is -1.18. The lowest BCUT2D eigenvalue weighted by Gasteiger charge is -2.18. The molecule has 76 valence electrons. The van der Waals surface area contributed by atoms with Gasteiger partial charge in [0.05, 0.1) is 11.9 Å². The molecule has 0 aliphatic rings. The van der Waals surface area contributed by atoms with Gasteiger partial charge >= 0.3 is 5.97 Å². The maximum atomic E-state index is 11.4. The van der Waals surface area contributed by atoms with Crippen molar-refractivity contribution in [2.45, 2.75) is 26.2 Å². The van der Waals surface area contributed by atoms with Gasteiger partial charge in [-0.25, -0.2) is 9.78 Å². The van der Waals surface area contributed by atoms with E-state index in [0.717, 1.165) is 6.33 Å². The molecule has 1 heterocycles. The Morgan fingerprint density at radius 2 is 2.07 bits per heavy atom. The van der Waals surface area contributed by atoms with E-state index in [4.69, 9.17) is 5.11 Å². The highest BCUT2D eigenvalue weighted by atomic mass is 16.4. The van der Waals surface area contributed by atoms with Gasteiger partial charge in [-0.15, -0.1) is 0 Å². The first kappa shape index (κ1) is 10.4. The Labute approximate surface area is 80.8 Å². The summed E-state index contributed by atoms with van der Waals surface area (Å²) >= 11 is 0. The van der Waals surface area contributed by atoms with Gasteiger partial charge in [0.2, 0.25) is 0 Å². The second-order valence-electron chi connectivity index (χ2n) is 4.01. The highest BCUT2D eigenvalue weighted by Crippen LogP contribution is 2.20. The Bertz CT molecular complexity index is 415. The first-order valence-electron chi connectivity index (χ1n) is 4.15. The Morgan fingerprint density at radius 3 is 2.43 bits per heavy atom. The lowest BCUT2D eigenvalue weighted by molar-refractivity contribution is 0.0687. The molecule has 0 saturated heterocycles. The molecule has 0 atom stereocenters. The predicted octanol–water partition coefficient (Wildman–Crippen LogP) is 0.766. The van der Waals surface area contributed by atoms with E-state index in [2.05, 4.69) is 9.97 Å². The van der Waals surface area contributed by atoms with Crippen LogP contribution in [0, 0.1) is 0 Å². The van der Waals surface area contributed by atoms with Crippen LogP contribution in [-0.4, -0.2) is 21.0 Å².